The smallest absolute Gasteiger partial charge is 0.274 e. The Labute approximate surface area is 147 Å². The topological polar surface area (TPSA) is 81.7 Å². The highest BCUT2D eigenvalue weighted by atomic mass is 16.5. The van der Waals surface area contributed by atoms with Crippen molar-refractivity contribution in [2.75, 3.05) is 45.1 Å². The average Bonchev–Trinajstić information content (AvgIpc) is 2.65. The van der Waals surface area contributed by atoms with Gasteiger partial charge in [0.25, 0.3) is 5.91 Å². The zero-order chi connectivity index (χ0) is 18.1. The molecule has 0 aliphatic rings. The highest BCUT2D eigenvalue weighted by molar-refractivity contribution is 6.03. The van der Waals surface area contributed by atoms with Crippen LogP contribution < -0.4 is 20.1 Å². The van der Waals surface area contributed by atoms with Crippen molar-refractivity contribution in [2.45, 2.75) is 6.42 Å². The van der Waals surface area contributed by atoms with Gasteiger partial charge in [0, 0.05) is 32.0 Å². The molecule has 134 valence electrons. The van der Waals surface area contributed by atoms with E-state index in [1.165, 1.54) is 0 Å². The first-order chi connectivity index (χ1) is 12.2. The van der Waals surface area contributed by atoms with E-state index < -0.39 is 0 Å². The SMILES string of the molecule is COCCCNc1ccc(C(=O)Nc2ccc(OC)c(OC)c2)nc1. The molecular weight excluding hydrogens is 322 g/mol. The summed E-state index contributed by atoms with van der Waals surface area (Å²) in [5, 5.41) is 6.01. The summed E-state index contributed by atoms with van der Waals surface area (Å²) in [6.07, 6.45) is 2.54. The molecule has 25 heavy (non-hydrogen) atoms. The Kier molecular flexibility index (Phi) is 7.03. The second-order valence-corrected chi connectivity index (χ2v) is 5.23. The second kappa shape index (κ2) is 9.48. The van der Waals surface area contributed by atoms with E-state index in [1.807, 2.05) is 6.07 Å². The molecule has 2 N–H and O–H groups in total. The van der Waals surface area contributed by atoms with Gasteiger partial charge in [0.15, 0.2) is 11.5 Å². The molecule has 0 atom stereocenters. The number of pyridine rings is 1. The monoisotopic (exact) mass is 345 g/mol. The van der Waals surface area contributed by atoms with Crippen LogP contribution in [-0.2, 0) is 4.74 Å². The molecule has 1 aromatic carbocycles. The fourth-order valence-corrected chi connectivity index (χ4v) is 2.19. The van der Waals surface area contributed by atoms with Crippen molar-refractivity contribution in [3.63, 3.8) is 0 Å². The quantitative estimate of drug-likeness (QED) is 0.680. The van der Waals surface area contributed by atoms with Crippen LogP contribution in [0.1, 0.15) is 16.9 Å². The molecule has 7 nitrogen and oxygen atoms in total. The van der Waals surface area contributed by atoms with Gasteiger partial charge in [-0.1, -0.05) is 0 Å². The number of amides is 1. The van der Waals surface area contributed by atoms with Crippen LogP contribution in [0.2, 0.25) is 0 Å². The molecule has 1 heterocycles. The van der Waals surface area contributed by atoms with Crippen molar-refractivity contribution in [1.82, 2.24) is 4.98 Å². The molecule has 0 fully saturated rings. The molecule has 1 aromatic heterocycles. The van der Waals surface area contributed by atoms with E-state index in [9.17, 15) is 4.79 Å². The standard InChI is InChI=1S/C18H23N3O4/c1-23-10-4-9-19-14-5-7-15(20-12-14)18(22)21-13-6-8-16(24-2)17(11-13)25-3/h5-8,11-12,19H,4,9-10H2,1-3H3,(H,21,22). The highest BCUT2D eigenvalue weighted by Gasteiger charge is 2.10. The minimum atomic E-state index is -0.293. The molecule has 0 aliphatic heterocycles. The van der Waals surface area contributed by atoms with E-state index in [4.69, 9.17) is 14.2 Å². The third-order valence-corrected chi connectivity index (χ3v) is 3.49. The molecule has 0 spiro atoms. The Bertz CT molecular complexity index is 689. The molecule has 2 aromatic rings. The van der Waals surface area contributed by atoms with Gasteiger partial charge in [-0.15, -0.1) is 0 Å². The van der Waals surface area contributed by atoms with Crippen molar-refractivity contribution < 1.29 is 19.0 Å². The lowest BCUT2D eigenvalue weighted by molar-refractivity contribution is 0.102. The zero-order valence-corrected chi connectivity index (χ0v) is 14.7. The van der Waals surface area contributed by atoms with Crippen LogP contribution in [0.3, 0.4) is 0 Å². The number of carbonyl (C=O) groups is 1. The van der Waals surface area contributed by atoms with Gasteiger partial charge in [0.1, 0.15) is 5.69 Å². The van der Waals surface area contributed by atoms with Gasteiger partial charge in [-0.2, -0.15) is 0 Å². The number of anilines is 2. The maximum Gasteiger partial charge on any atom is 0.274 e. The van der Waals surface area contributed by atoms with Crippen molar-refractivity contribution in [3.8, 4) is 11.5 Å². The average molecular weight is 345 g/mol. The van der Waals surface area contributed by atoms with Crippen LogP contribution in [0, 0.1) is 0 Å². The van der Waals surface area contributed by atoms with E-state index in [1.54, 1.807) is 51.8 Å². The lowest BCUT2D eigenvalue weighted by Crippen LogP contribution is -2.14. The molecule has 0 bridgehead atoms. The van der Waals surface area contributed by atoms with Crippen LogP contribution in [0.4, 0.5) is 11.4 Å². The Morgan fingerprint density at radius 3 is 2.44 bits per heavy atom. The minimum Gasteiger partial charge on any atom is -0.493 e. The van der Waals surface area contributed by atoms with Gasteiger partial charge in [-0.3, -0.25) is 4.79 Å². The van der Waals surface area contributed by atoms with Crippen molar-refractivity contribution in [2.24, 2.45) is 0 Å². The van der Waals surface area contributed by atoms with Crippen LogP contribution in [0.25, 0.3) is 0 Å². The summed E-state index contributed by atoms with van der Waals surface area (Å²) < 4.78 is 15.4. The van der Waals surface area contributed by atoms with Gasteiger partial charge in [0.2, 0.25) is 0 Å². The molecule has 0 aliphatic carbocycles. The first kappa shape index (κ1) is 18.5. The van der Waals surface area contributed by atoms with Crippen molar-refractivity contribution in [3.05, 3.63) is 42.2 Å². The number of hydrogen-bond acceptors (Lipinski definition) is 6. The number of carbonyl (C=O) groups excluding carboxylic acids is 1. The third-order valence-electron chi connectivity index (χ3n) is 3.49. The maximum atomic E-state index is 12.3. The summed E-state index contributed by atoms with van der Waals surface area (Å²) in [6, 6.07) is 8.67. The number of hydrogen-bond donors (Lipinski definition) is 2. The zero-order valence-electron chi connectivity index (χ0n) is 14.7. The minimum absolute atomic E-state index is 0.293. The largest absolute Gasteiger partial charge is 0.493 e. The fraction of sp³-hybridized carbons (Fsp3) is 0.333. The number of nitrogens with one attached hydrogen (secondary N) is 2. The first-order valence-corrected chi connectivity index (χ1v) is 7.90. The maximum absolute atomic E-state index is 12.3. The van der Waals surface area contributed by atoms with Crippen molar-refractivity contribution >= 4 is 17.3 Å². The number of benzene rings is 1. The van der Waals surface area contributed by atoms with E-state index >= 15 is 0 Å². The number of nitrogens with zero attached hydrogens (tertiary/aromatic N) is 1. The van der Waals surface area contributed by atoms with Crippen molar-refractivity contribution in [1.29, 1.82) is 0 Å². The number of rotatable bonds is 9. The summed E-state index contributed by atoms with van der Waals surface area (Å²) in [5.74, 6) is 0.851. The molecule has 0 saturated carbocycles. The van der Waals surface area contributed by atoms with E-state index in [0.29, 0.717) is 29.5 Å². The number of aromatic nitrogens is 1. The predicted octanol–water partition coefficient (Wildman–Crippen LogP) is 2.80. The third kappa shape index (κ3) is 5.36. The van der Waals surface area contributed by atoms with Gasteiger partial charge >= 0.3 is 0 Å². The summed E-state index contributed by atoms with van der Waals surface area (Å²) in [6.45, 7) is 1.49. The van der Waals surface area contributed by atoms with Crippen LogP contribution in [-0.4, -0.2) is 45.4 Å². The Balaban J connectivity index is 1.96. The molecule has 0 saturated heterocycles. The van der Waals surface area contributed by atoms with E-state index in [2.05, 4.69) is 15.6 Å². The molecular formula is C18H23N3O4. The fourth-order valence-electron chi connectivity index (χ4n) is 2.19. The van der Waals surface area contributed by atoms with Gasteiger partial charge < -0.3 is 24.8 Å². The predicted molar refractivity (Wildman–Crippen MR) is 96.7 cm³/mol. The second-order valence-electron chi connectivity index (χ2n) is 5.23. The van der Waals surface area contributed by atoms with Crippen LogP contribution in [0.15, 0.2) is 36.5 Å². The molecule has 0 unspecified atom stereocenters. The van der Waals surface area contributed by atoms with E-state index in [0.717, 1.165) is 18.7 Å². The highest BCUT2D eigenvalue weighted by Crippen LogP contribution is 2.29. The summed E-state index contributed by atoms with van der Waals surface area (Å²) in [7, 11) is 4.78. The first-order valence-electron chi connectivity index (χ1n) is 7.90. The van der Waals surface area contributed by atoms with Gasteiger partial charge in [-0.25, -0.2) is 4.98 Å². The summed E-state index contributed by atoms with van der Waals surface area (Å²) >= 11 is 0. The Hall–Kier alpha value is -2.80. The van der Waals surface area contributed by atoms with Gasteiger partial charge in [0.05, 0.1) is 26.1 Å². The molecule has 2 rings (SSSR count). The normalized spacial score (nSPS) is 10.2. The molecule has 0 radical (unpaired) electrons. The lowest BCUT2D eigenvalue weighted by atomic mass is 10.2. The Morgan fingerprint density at radius 2 is 1.80 bits per heavy atom. The number of ether oxygens (including phenoxy) is 3. The summed E-state index contributed by atoms with van der Waals surface area (Å²) in [4.78, 5) is 16.5. The Morgan fingerprint density at radius 1 is 1.04 bits per heavy atom. The summed E-state index contributed by atoms with van der Waals surface area (Å²) in [5.41, 5.74) is 1.79. The van der Waals surface area contributed by atoms with Crippen LogP contribution in [0.5, 0.6) is 11.5 Å². The van der Waals surface area contributed by atoms with Crippen LogP contribution >= 0.6 is 0 Å². The molecule has 7 heteroatoms. The van der Waals surface area contributed by atoms with E-state index in [-0.39, 0.29) is 5.91 Å². The lowest BCUT2D eigenvalue weighted by Gasteiger charge is -2.11. The molecule has 1 amide bonds. The van der Waals surface area contributed by atoms with Gasteiger partial charge in [-0.05, 0) is 30.7 Å². The number of methoxy groups -OCH3 is 3.